The Morgan fingerprint density at radius 2 is 2.32 bits per heavy atom. The molecule has 22 heavy (non-hydrogen) atoms. The number of ether oxygens (including phenoxy) is 1. The van der Waals surface area contributed by atoms with Crippen LogP contribution in [0.1, 0.15) is 6.23 Å². The Labute approximate surface area is 121 Å². The number of hydrogen-bond donors (Lipinski definition) is 6. The molecule has 0 radical (unpaired) electrons. The van der Waals surface area contributed by atoms with E-state index in [0.29, 0.717) is 0 Å². The van der Waals surface area contributed by atoms with E-state index in [1.807, 2.05) is 0 Å². The van der Waals surface area contributed by atoms with Crippen LogP contribution in [0.3, 0.4) is 0 Å². The summed E-state index contributed by atoms with van der Waals surface area (Å²) in [6.45, 7) is -0.647. The van der Waals surface area contributed by atoms with Gasteiger partial charge in [0.1, 0.15) is 12.2 Å². The predicted molar refractivity (Wildman–Crippen MR) is 68.2 cm³/mol. The lowest BCUT2D eigenvalue weighted by Crippen LogP contribution is -2.48. The highest BCUT2D eigenvalue weighted by Crippen LogP contribution is 2.39. The molecule has 1 fully saturated rings. The molecule has 0 saturated carbocycles. The number of H-pyrrole nitrogens is 1. The van der Waals surface area contributed by atoms with Crippen LogP contribution in [-0.2, 0) is 9.62 Å². The summed E-state index contributed by atoms with van der Waals surface area (Å²) in [4.78, 5) is 25.6. The molecule has 0 bridgehead atoms. The largest absolute Gasteiger partial charge is 0.394 e. The van der Waals surface area contributed by atoms with E-state index in [0.717, 1.165) is 10.9 Å². The Morgan fingerprint density at radius 3 is 2.95 bits per heavy atom. The molecule has 0 aliphatic carbocycles. The molecule has 2 aromatic heterocycles. The molecule has 1 aliphatic heterocycles. The third-order valence-electron chi connectivity index (χ3n) is 3.46. The lowest BCUT2D eigenvalue weighted by molar-refractivity contribution is -0.426. The molecule has 0 unspecified atom stereocenters. The summed E-state index contributed by atoms with van der Waals surface area (Å²) in [5, 5.41) is 38.2. The van der Waals surface area contributed by atoms with Crippen LogP contribution in [0.2, 0.25) is 0 Å². The molecule has 0 spiro atoms. The van der Waals surface area contributed by atoms with Gasteiger partial charge in [0.25, 0.3) is 11.3 Å². The predicted octanol–water partition coefficient (Wildman–Crippen LogP) is -2.87. The first kappa shape index (κ1) is 14.8. The van der Waals surface area contributed by atoms with Gasteiger partial charge in [-0.15, -0.1) is 0 Å². The number of nitrogens with one attached hydrogen (secondary N) is 1. The van der Waals surface area contributed by atoms with Crippen molar-refractivity contribution in [1.82, 2.24) is 19.5 Å². The Bertz CT molecular complexity index is 760. The number of rotatable bonds is 3. The fourth-order valence-corrected chi connectivity index (χ4v) is 2.37. The number of imidazole rings is 1. The number of hydrogen-bond acceptors (Lipinski definition) is 10. The SMILES string of the molecule is Nc1nc2c(ncn2[C@@H]2O[C@H](CO)[C@@H](O)[C@]2(O)OO)c(=O)[nH]1. The van der Waals surface area contributed by atoms with E-state index >= 15 is 0 Å². The zero-order chi connectivity index (χ0) is 16.1. The van der Waals surface area contributed by atoms with Gasteiger partial charge in [0.2, 0.25) is 5.95 Å². The number of fused-ring (bicyclic) bond motifs is 1. The van der Waals surface area contributed by atoms with Crippen molar-refractivity contribution in [2.75, 3.05) is 12.3 Å². The van der Waals surface area contributed by atoms with E-state index < -0.39 is 36.4 Å². The molecule has 12 heteroatoms. The van der Waals surface area contributed by atoms with Gasteiger partial charge in [-0.05, 0) is 0 Å². The molecule has 0 amide bonds. The molecule has 4 atom stereocenters. The van der Waals surface area contributed by atoms with Crippen molar-refractivity contribution in [2.24, 2.45) is 0 Å². The third kappa shape index (κ3) is 1.90. The minimum Gasteiger partial charge on any atom is -0.394 e. The van der Waals surface area contributed by atoms with E-state index in [1.54, 1.807) is 0 Å². The van der Waals surface area contributed by atoms with Crippen LogP contribution >= 0.6 is 0 Å². The molecule has 3 rings (SSSR count). The zero-order valence-electron chi connectivity index (χ0n) is 10.9. The fraction of sp³-hybridized carbons (Fsp3) is 0.500. The van der Waals surface area contributed by atoms with Crippen molar-refractivity contribution in [2.45, 2.75) is 24.2 Å². The molecular weight excluding hydrogens is 302 g/mol. The van der Waals surface area contributed by atoms with Crippen LogP contribution in [0.25, 0.3) is 11.2 Å². The number of aromatic amines is 1. The Balaban J connectivity index is 2.16. The van der Waals surface area contributed by atoms with Gasteiger partial charge in [0.15, 0.2) is 17.4 Å². The second-order valence-electron chi connectivity index (χ2n) is 4.77. The normalized spacial score (nSPS) is 31.9. The lowest BCUT2D eigenvalue weighted by atomic mass is 10.1. The van der Waals surface area contributed by atoms with E-state index in [1.165, 1.54) is 0 Å². The van der Waals surface area contributed by atoms with E-state index in [4.69, 9.17) is 20.8 Å². The minimum absolute atomic E-state index is 0.0625. The van der Waals surface area contributed by atoms with Crippen LogP contribution in [0.5, 0.6) is 0 Å². The molecule has 120 valence electrons. The molecule has 7 N–H and O–H groups in total. The number of nitrogens with two attached hydrogens (primary N) is 1. The molecule has 12 nitrogen and oxygen atoms in total. The average Bonchev–Trinajstić information content (AvgIpc) is 3.00. The summed E-state index contributed by atoms with van der Waals surface area (Å²) in [7, 11) is 0. The van der Waals surface area contributed by atoms with Crippen molar-refractivity contribution < 1.29 is 30.2 Å². The summed E-state index contributed by atoms with van der Waals surface area (Å²) >= 11 is 0. The van der Waals surface area contributed by atoms with Gasteiger partial charge in [-0.25, -0.2) is 10.2 Å². The van der Waals surface area contributed by atoms with Gasteiger partial charge >= 0.3 is 0 Å². The topological polar surface area (TPSA) is 189 Å². The number of aliphatic hydroxyl groups excluding tert-OH is 2. The van der Waals surface area contributed by atoms with Crippen molar-refractivity contribution in [1.29, 1.82) is 0 Å². The van der Waals surface area contributed by atoms with Gasteiger partial charge in [-0.1, -0.05) is 0 Å². The highest BCUT2D eigenvalue weighted by atomic mass is 17.1. The van der Waals surface area contributed by atoms with Gasteiger partial charge in [0, 0.05) is 0 Å². The Morgan fingerprint density at radius 1 is 1.59 bits per heavy atom. The maximum Gasteiger partial charge on any atom is 0.280 e. The highest BCUT2D eigenvalue weighted by molar-refractivity contribution is 5.70. The van der Waals surface area contributed by atoms with Gasteiger partial charge in [0.05, 0.1) is 12.9 Å². The second kappa shape index (κ2) is 4.98. The first-order valence-electron chi connectivity index (χ1n) is 6.14. The highest BCUT2D eigenvalue weighted by Gasteiger charge is 2.59. The summed E-state index contributed by atoms with van der Waals surface area (Å²) in [5.41, 5.74) is 4.67. The van der Waals surface area contributed by atoms with Gasteiger partial charge in [-0.3, -0.25) is 14.3 Å². The number of aromatic nitrogens is 4. The number of nitrogens with zero attached hydrogens (tertiary/aromatic N) is 3. The Hall–Kier alpha value is -2.09. The number of anilines is 1. The molecular formula is C10H13N5O7. The zero-order valence-corrected chi connectivity index (χ0v) is 10.9. The first-order chi connectivity index (χ1) is 10.4. The number of aliphatic hydroxyl groups is 3. The minimum atomic E-state index is -2.60. The van der Waals surface area contributed by atoms with Crippen LogP contribution in [0, 0.1) is 0 Å². The summed E-state index contributed by atoms with van der Waals surface area (Å²) < 4.78 is 6.31. The summed E-state index contributed by atoms with van der Waals surface area (Å²) in [5.74, 6) is -2.80. The second-order valence-corrected chi connectivity index (χ2v) is 4.77. The third-order valence-corrected chi connectivity index (χ3v) is 3.46. The van der Waals surface area contributed by atoms with Crippen molar-refractivity contribution in [3.8, 4) is 0 Å². The Kier molecular flexibility index (Phi) is 3.36. The maximum atomic E-state index is 11.7. The van der Waals surface area contributed by atoms with E-state index in [9.17, 15) is 15.0 Å². The monoisotopic (exact) mass is 315 g/mol. The lowest BCUT2D eigenvalue weighted by Gasteiger charge is -2.27. The standard InChI is InChI=1S/C10H13N5O7/c11-9-13-6-4(7(18)14-9)12-2-15(6)8-10(19,22-20)5(17)3(1-16)21-8/h2-3,5,8,16-17,19-20H,1H2,(H3,11,13,14,18)/t3-,5-,8-,10+/m1/s1. The summed E-state index contributed by atoms with van der Waals surface area (Å²) in [6.07, 6.45) is -3.43. The molecule has 2 aromatic rings. The number of nitrogen functional groups attached to an aromatic ring is 1. The first-order valence-corrected chi connectivity index (χ1v) is 6.14. The van der Waals surface area contributed by atoms with E-state index in [-0.39, 0.29) is 17.1 Å². The van der Waals surface area contributed by atoms with Crippen LogP contribution in [0.4, 0.5) is 5.95 Å². The average molecular weight is 315 g/mol. The van der Waals surface area contributed by atoms with Gasteiger partial charge in [-0.2, -0.15) is 9.87 Å². The van der Waals surface area contributed by atoms with Crippen LogP contribution in [0.15, 0.2) is 11.1 Å². The van der Waals surface area contributed by atoms with Crippen molar-refractivity contribution >= 4 is 17.1 Å². The van der Waals surface area contributed by atoms with Crippen LogP contribution in [-0.4, -0.2) is 64.7 Å². The fourth-order valence-electron chi connectivity index (χ4n) is 2.37. The quantitative estimate of drug-likeness (QED) is 0.195. The maximum absolute atomic E-state index is 11.7. The van der Waals surface area contributed by atoms with Crippen LogP contribution < -0.4 is 11.3 Å². The smallest absolute Gasteiger partial charge is 0.280 e. The molecule has 1 saturated heterocycles. The van der Waals surface area contributed by atoms with Crippen molar-refractivity contribution in [3.05, 3.63) is 16.7 Å². The molecule has 0 aromatic carbocycles. The van der Waals surface area contributed by atoms with Crippen molar-refractivity contribution in [3.63, 3.8) is 0 Å². The molecule has 3 heterocycles. The van der Waals surface area contributed by atoms with E-state index in [2.05, 4.69) is 19.8 Å². The van der Waals surface area contributed by atoms with Gasteiger partial charge < -0.3 is 25.8 Å². The molecule has 1 aliphatic rings. The summed E-state index contributed by atoms with van der Waals surface area (Å²) in [6, 6.07) is 0.